The molecule has 0 amide bonds. The second-order valence-electron chi connectivity index (χ2n) is 3.69. The molecular weight excluding hydrogens is 238 g/mol. The van der Waals surface area contributed by atoms with Crippen molar-refractivity contribution in [2.75, 3.05) is 0 Å². The van der Waals surface area contributed by atoms with Crippen molar-refractivity contribution in [1.82, 2.24) is 4.98 Å². The molecule has 2 rings (SSSR count). The Morgan fingerprint density at radius 1 is 1.24 bits per heavy atom. The van der Waals surface area contributed by atoms with Crippen LogP contribution in [-0.4, -0.2) is 16.1 Å². The fourth-order valence-corrected chi connectivity index (χ4v) is 1.79. The van der Waals surface area contributed by atoms with Crippen LogP contribution in [0.4, 0.5) is 0 Å². The van der Waals surface area contributed by atoms with E-state index in [0.29, 0.717) is 0 Å². The van der Waals surface area contributed by atoms with Crippen molar-refractivity contribution in [3.8, 4) is 11.1 Å². The van der Waals surface area contributed by atoms with Crippen LogP contribution in [0.3, 0.4) is 0 Å². The van der Waals surface area contributed by atoms with Gasteiger partial charge < -0.3 is 5.11 Å². The Hall–Kier alpha value is -1.87. The first-order valence-corrected chi connectivity index (χ1v) is 5.41. The number of benzene rings is 1. The van der Waals surface area contributed by atoms with Crippen molar-refractivity contribution in [3.63, 3.8) is 0 Å². The SMILES string of the molecule is Cc1cc(-c2ccc(Cl)c(C(=O)O)c2)ccn1. The first kappa shape index (κ1) is 11.6. The summed E-state index contributed by atoms with van der Waals surface area (Å²) in [6.07, 6.45) is 1.69. The van der Waals surface area contributed by atoms with Crippen LogP contribution in [-0.2, 0) is 0 Å². The van der Waals surface area contributed by atoms with Crippen molar-refractivity contribution in [3.05, 3.63) is 52.8 Å². The molecule has 0 aliphatic carbocycles. The smallest absolute Gasteiger partial charge is 0.337 e. The van der Waals surface area contributed by atoms with Gasteiger partial charge in [-0.15, -0.1) is 0 Å². The maximum atomic E-state index is 11.0. The molecule has 0 unspecified atom stereocenters. The number of carboxylic acid groups (broad SMARTS) is 1. The fourth-order valence-electron chi connectivity index (χ4n) is 1.59. The highest BCUT2D eigenvalue weighted by atomic mass is 35.5. The number of aromatic carboxylic acids is 1. The highest BCUT2D eigenvalue weighted by Crippen LogP contribution is 2.25. The largest absolute Gasteiger partial charge is 0.478 e. The molecule has 0 saturated heterocycles. The summed E-state index contributed by atoms with van der Waals surface area (Å²) in [5.41, 5.74) is 2.74. The van der Waals surface area contributed by atoms with E-state index in [1.54, 1.807) is 24.4 Å². The Bertz CT molecular complexity index is 581. The van der Waals surface area contributed by atoms with E-state index in [1.165, 1.54) is 0 Å². The zero-order valence-corrected chi connectivity index (χ0v) is 9.90. The number of aromatic nitrogens is 1. The molecule has 1 N–H and O–H groups in total. The summed E-state index contributed by atoms with van der Waals surface area (Å²) >= 11 is 5.82. The Balaban J connectivity index is 2.54. The molecule has 0 aliphatic heterocycles. The normalized spacial score (nSPS) is 10.2. The average Bonchev–Trinajstić information content (AvgIpc) is 2.29. The number of carbonyl (C=O) groups is 1. The van der Waals surface area contributed by atoms with E-state index in [-0.39, 0.29) is 10.6 Å². The lowest BCUT2D eigenvalue weighted by Crippen LogP contribution is -1.97. The van der Waals surface area contributed by atoms with Crippen LogP contribution in [0.5, 0.6) is 0 Å². The molecule has 4 heteroatoms. The van der Waals surface area contributed by atoms with Gasteiger partial charge in [-0.25, -0.2) is 4.79 Å². The lowest BCUT2D eigenvalue weighted by molar-refractivity contribution is 0.0697. The second kappa shape index (κ2) is 4.55. The van der Waals surface area contributed by atoms with Crippen LogP contribution in [0.1, 0.15) is 16.1 Å². The minimum absolute atomic E-state index is 0.110. The summed E-state index contributed by atoms with van der Waals surface area (Å²) in [6, 6.07) is 8.69. The van der Waals surface area contributed by atoms with Crippen LogP contribution < -0.4 is 0 Å². The highest BCUT2D eigenvalue weighted by Gasteiger charge is 2.10. The quantitative estimate of drug-likeness (QED) is 0.885. The number of rotatable bonds is 2. The van der Waals surface area contributed by atoms with Gasteiger partial charge in [0.2, 0.25) is 0 Å². The van der Waals surface area contributed by atoms with E-state index in [1.807, 2.05) is 19.1 Å². The van der Waals surface area contributed by atoms with Gasteiger partial charge in [0.1, 0.15) is 0 Å². The van der Waals surface area contributed by atoms with Gasteiger partial charge in [0.05, 0.1) is 10.6 Å². The van der Waals surface area contributed by atoms with Crippen LogP contribution in [0, 0.1) is 6.92 Å². The molecule has 1 aromatic carbocycles. The van der Waals surface area contributed by atoms with Gasteiger partial charge in [-0.3, -0.25) is 4.98 Å². The minimum Gasteiger partial charge on any atom is -0.478 e. The van der Waals surface area contributed by atoms with Gasteiger partial charge >= 0.3 is 5.97 Å². The molecule has 2 aromatic rings. The zero-order valence-electron chi connectivity index (χ0n) is 9.14. The number of pyridine rings is 1. The van der Waals surface area contributed by atoms with Gasteiger partial charge in [0.25, 0.3) is 0 Å². The summed E-state index contributed by atoms with van der Waals surface area (Å²) in [7, 11) is 0. The Morgan fingerprint density at radius 3 is 2.59 bits per heavy atom. The molecule has 0 atom stereocenters. The first-order chi connectivity index (χ1) is 8.08. The van der Waals surface area contributed by atoms with Crippen LogP contribution >= 0.6 is 11.6 Å². The molecule has 0 aliphatic rings. The third-order valence-electron chi connectivity index (χ3n) is 2.43. The van der Waals surface area contributed by atoms with Gasteiger partial charge in [0.15, 0.2) is 0 Å². The second-order valence-corrected chi connectivity index (χ2v) is 4.09. The van der Waals surface area contributed by atoms with E-state index in [2.05, 4.69) is 4.98 Å². The van der Waals surface area contributed by atoms with Gasteiger partial charge in [-0.1, -0.05) is 17.7 Å². The topological polar surface area (TPSA) is 50.2 Å². The standard InChI is InChI=1S/C13H10ClNO2/c1-8-6-10(4-5-15-8)9-2-3-12(14)11(7-9)13(16)17/h2-7H,1H3,(H,16,17). The molecule has 0 bridgehead atoms. The van der Waals surface area contributed by atoms with Gasteiger partial charge in [0, 0.05) is 11.9 Å². The van der Waals surface area contributed by atoms with Crippen LogP contribution in [0.25, 0.3) is 11.1 Å². The van der Waals surface area contributed by atoms with Crippen LogP contribution in [0.2, 0.25) is 5.02 Å². The summed E-state index contributed by atoms with van der Waals surface area (Å²) in [5.74, 6) is -1.03. The van der Waals surface area contributed by atoms with Crippen molar-refractivity contribution in [1.29, 1.82) is 0 Å². The minimum atomic E-state index is -1.03. The van der Waals surface area contributed by atoms with E-state index in [9.17, 15) is 4.79 Å². The summed E-state index contributed by atoms with van der Waals surface area (Å²) in [5, 5.41) is 9.24. The van der Waals surface area contributed by atoms with Gasteiger partial charge in [-0.05, 0) is 42.3 Å². The lowest BCUT2D eigenvalue weighted by atomic mass is 10.0. The lowest BCUT2D eigenvalue weighted by Gasteiger charge is -2.05. The highest BCUT2D eigenvalue weighted by molar-refractivity contribution is 6.33. The summed E-state index contributed by atoms with van der Waals surface area (Å²) in [6.45, 7) is 1.89. The third-order valence-corrected chi connectivity index (χ3v) is 2.76. The number of hydrogen-bond donors (Lipinski definition) is 1. The van der Waals surface area contributed by atoms with Crippen molar-refractivity contribution in [2.45, 2.75) is 6.92 Å². The molecule has 0 fully saturated rings. The van der Waals surface area contributed by atoms with E-state index < -0.39 is 5.97 Å². The number of carboxylic acids is 1. The number of hydrogen-bond acceptors (Lipinski definition) is 2. The Morgan fingerprint density at radius 2 is 1.94 bits per heavy atom. The van der Waals surface area contributed by atoms with Crippen molar-refractivity contribution in [2.24, 2.45) is 0 Å². The molecular formula is C13H10ClNO2. The monoisotopic (exact) mass is 247 g/mol. The molecule has 3 nitrogen and oxygen atoms in total. The fraction of sp³-hybridized carbons (Fsp3) is 0.0769. The molecule has 0 spiro atoms. The van der Waals surface area contributed by atoms with Crippen molar-refractivity contribution < 1.29 is 9.90 Å². The number of nitrogens with zero attached hydrogens (tertiary/aromatic N) is 1. The molecule has 1 aromatic heterocycles. The molecule has 0 radical (unpaired) electrons. The summed E-state index contributed by atoms with van der Waals surface area (Å²) < 4.78 is 0. The predicted octanol–water partition coefficient (Wildman–Crippen LogP) is 3.41. The van der Waals surface area contributed by atoms with E-state index in [4.69, 9.17) is 16.7 Å². The van der Waals surface area contributed by atoms with Gasteiger partial charge in [-0.2, -0.15) is 0 Å². The first-order valence-electron chi connectivity index (χ1n) is 5.04. The zero-order chi connectivity index (χ0) is 12.4. The molecule has 86 valence electrons. The average molecular weight is 248 g/mol. The predicted molar refractivity (Wildman–Crippen MR) is 66.4 cm³/mol. The Kier molecular flexibility index (Phi) is 3.11. The maximum Gasteiger partial charge on any atom is 0.337 e. The van der Waals surface area contributed by atoms with E-state index >= 15 is 0 Å². The molecule has 17 heavy (non-hydrogen) atoms. The number of halogens is 1. The third kappa shape index (κ3) is 2.45. The molecule has 1 heterocycles. The van der Waals surface area contributed by atoms with E-state index in [0.717, 1.165) is 16.8 Å². The number of aryl methyl sites for hydroxylation is 1. The van der Waals surface area contributed by atoms with Crippen LogP contribution in [0.15, 0.2) is 36.5 Å². The summed E-state index contributed by atoms with van der Waals surface area (Å²) in [4.78, 5) is 15.1. The Labute approximate surface area is 104 Å². The van der Waals surface area contributed by atoms with Crippen molar-refractivity contribution >= 4 is 17.6 Å². The maximum absolute atomic E-state index is 11.0. The molecule has 0 saturated carbocycles.